The number of carbonyl (C=O) groups excluding carboxylic acids is 1. The van der Waals surface area contributed by atoms with E-state index in [1.165, 1.54) is 19.2 Å². The summed E-state index contributed by atoms with van der Waals surface area (Å²) in [6, 6.07) is 6.17. The summed E-state index contributed by atoms with van der Waals surface area (Å²) in [4.78, 5) is 14.8. The van der Waals surface area contributed by atoms with Crippen LogP contribution in [-0.2, 0) is 14.6 Å². The number of carbonyl (C=O) groups is 1. The van der Waals surface area contributed by atoms with Crippen molar-refractivity contribution in [2.24, 2.45) is 11.7 Å². The van der Waals surface area contributed by atoms with Crippen LogP contribution in [0, 0.1) is 5.92 Å². The number of piperidine rings is 1. The summed E-state index contributed by atoms with van der Waals surface area (Å²) in [6.45, 7) is 3.39. The number of rotatable bonds is 6. The second-order valence-corrected chi connectivity index (χ2v) is 8.37. The van der Waals surface area contributed by atoms with Crippen LogP contribution in [-0.4, -0.2) is 57.8 Å². The van der Waals surface area contributed by atoms with Crippen molar-refractivity contribution in [1.29, 1.82) is 0 Å². The van der Waals surface area contributed by atoms with Gasteiger partial charge < -0.3 is 15.4 Å². The van der Waals surface area contributed by atoms with Gasteiger partial charge in [0.1, 0.15) is 0 Å². The highest BCUT2D eigenvalue weighted by Crippen LogP contribution is 2.24. The molecule has 1 saturated heterocycles. The molecule has 6 nitrogen and oxygen atoms in total. The minimum absolute atomic E-state index is 0.0383. The van der Waals surface area contributed by atoms with Crippen molar-refractivity contribution in [2.75, 3.05) is 32.6 Å². The lowest BCUT2D eigenvalue weighted by atomic mass is 9.90. The lowest BCUT2D eigenvalue weighted by Crippen LogP contribution is -2.51. The molecule has 0 spiro atoms. The van der Waals surface area contributed by atoms with Crippen molar-refractivity contribution in [2.45, 2.75) is 30.7 Å². The van der Waals surface area contributed by atoms with Crippen LogP contribution >= 0.6 is 0 Å². The maximum atomic E-state index is 12.7. The van der Waals surface area contributed by atoms with Gasteiger partial charge in [-0.1, -0.05) is 6.92 Å². The van der Waals surface area contributed by atoms with Crippen LogP contribution < -0.4 is 5.73 Å². The minimum Gasteiger partial charge on any atom is -0.384 e. The molecular formula is C17H26N2O4S. The monoisotopic (exact) mass is 354 g/mol. The zero-order chi connectivity index (χ0) is 17.7. The third kappa shape index (κ3) is 4.15. The number of amides is 1. The summed E-state index contributed by atoms with van der Waals surface area (Å²) in [6.07, 6.45) is 2.04. The predicted molar refractivity (Wildman–Crippen MR) is 92.6 cm³/mol. The molecule has 24 heavy (non-hydrogen) atoms. The second kappa shape index (κ2) is 8.09. The van der Waals surface area contributed by atoms with Crippen LogP contribution in [0.3, 0.4) is 0 Å². The molecule has 0 saturated carbocycles. The summed E-state index contributed by atoms with van der Waals surface area (Å²) >= 11 is 0. The second-order valence-electron chi connectivity index (χ2n) is 6.26. The molecule has 1 heterocycles. The molecule has 2 atom stereocenters. The highest BCUT2D eigenvalue weighted by molar-refractivity contribution is 7.91. The maximum absolute atomic E-state index is 12.7. The standard InChI is InChI=1S/C17H26N2O4S/c1-13-4-3-9-19(16(13)12-18)17(20)14-5-7-15(8-6-14)24(21,22)11-10-23-2/h5-8,13,16H,3-4,9-12,18H2,1-2H3/t13-,16+/m0/s1. The Morgan fingerprint density at radius 2 is 2.00 bits per heavy atom. The molecule has 2 N–H and O–H groups in total. The van der Waals surface area contributed by atoms with Gasteiger partial charge in [-0.15, -0.1) is 0 Å². The van der Waals surface area contributed by atoms with Gasteiger partial charge in [0.2, 0.25) is 0 Å². The van der Waals surface area contributed by atoms with Gasteiger partial charge in [0.25, 0.3) is 5.91 Å². The van der Waals surface area contributed by atoms with E-state index >= 15 is 0 Å². The predicted octanol–water partition coefficient (Wildman–Crippen LogP) is 1.31. The molecule has 1 aliphatic heterocycles. The van der Waals surface area contributed by atoms with E-state index in [0.29, 0.717) is 24.6 Å². The summed E-state index contributed by atoms with van der Waals surface area (Å²) < 4.78 is 29.1. The highest BCUT2D eigenvalue weighted by atomic mass is 32.2. The van der Waals surface area contributed by atoms with Crippen molar-refractivity contribution in [3.63, 3.8) is 0 Å². The number of ether oxygens (including phenoxy) is 1. The van der Waals surface area contributed by atoms with Gasteiger partial charge >= 0.3 is 0 Å². The Bertz CT molecular complexity index is 658. The Labute approximate surface area is 143 Å². The normalized spacial score (nSPS) is 21.7. The summed E-state index contributed by atoms with van der Waals surface area (Å²) in [5, 5.41) is 0. The van der Waals surface area contributed by atoms with E-state index in [4.69, 9.17) is 10.5 Å². The first-order valence-corrected chi connectivity index (χ1v) is 9.88. The molecule has 1 aromatic rings. The van der Waals surface area contributed by atoms with Gasteiger partial charge in [-0.3, -0.25) is 4.79 Å². The molecular weight excluding hydrogens is 328 g/mol. The molecule has 0 unspecified atom stereocenters. The fourth-order valence-electron chi connectivity index (χ4n) is 3.14. The van der Waals surface area contributed by atoms with E-state index in [0.717, 1.165) is 12.8 Å². The van der Waals surface area contributed by atoms with E-state index in [9.17, 15) is 13.2 Å². The Morgan fingerprint density at radius 3 is 2.58 bits per heavy atom. The lowest BCUT2D eigenvalue weighted by molar-refractivity contribution is 0.0532. The zero-order valence-electron chi connectivity index (χ0n) is 14.3. The van der Waals surface area contributed by atoms with Crippen LogP contribution in [0.25, 0.3) is 0 Å². The Kier molecular flexibility index (Phi) is 6.37. The largest absolute Gasteiger partial charge is 0.384 e. The molecule has 134 valence electrons. The number of benzene rings is 1. The molecule has 0 aromatic heterocycles. The van der Waals surface area contributed by atoms with Crippen molar-refractivity contribution in [1.82, 2.24) is 4.90 Å². The number of nitrogens with zero attached hydrogens (tertiary/aromatic N) is 1. The zero-order valence-corrected chi connectivity index (χ0v) is 15.1. The maximum Gasteiger partial charge on any atom is 0.254 e. The van der Waals surface area contributed by atoms with Crippen LogP contribution in [0.5, 0.6) is 0 Å². The average molecular weight is 354 g/mol. The Morgan fingerprint density at radius 1 is 1.33 bits per heavy atom. The average Bonchev–Trinajstić information content (AvgIpc) is 2.59. The topological polar surface area (TPSA) is 89.7 Å². The Balaban J connectivity index is 2.16. The van der Waals surface area contributed by atoms with E-state index in [1.54, 1.807) is 12.1 Å². The SMILES string of the molecule is COCCS(=O)(=O)c1ccc(C(=O)N2CCC[C@H](C)[C@H]2CN)cc1. The molecule has 0 aliphatic carbocycles. The van der Waals surface area contributed by atoms with Gasteiger partial charge in [-0.2, -0.15) is 0 Å². The minimum atomic E-state index is -3.38. The number of sulfone groups is 1. The lowest BCUT2D eigenvalue weighted by Gasteiger charge is -2.39. The molecule has 0 bridgehead atoms. The van der Waals surface area contributed by atoms with Gasteiger partial charge in [0.15, 0.2) is 9.84 Å². The van der Waals surface area contributed by atoms with Gasteiger partial charge in [0, 0.05) is 31.8 Å². The number of methoxy groups -OCH3 is 1. The van der Waals surface area contributed by atoms with E-state index in [-0.39, 0.29) is 29.2 Å². The van der Waals surface area contributed by atoms with Crippen LogP contribution in [0.4, 0.5) is 0 Å². The van der Waals surface area contributed by atoms with Gasteiger partial charge in [-0.05, 0) is 43.0 Å². The first-order chi connectivity index (χ1) is 11.4. The first-order valence-electron chi connectivity index (χ1n) is 8.23. The van der Waals surface area contributed by atoms with Crippen molar-refractivity contribution in [3.8, 4) is 0 Å². The molecule has 1 aliphatic rings. The van der Waals surface area contributed by atoms with Crippen LogP contribution in [0.1, 0.15) is 30.1 Å². The van der Waals surface area contributed by atoms with Crippen molar-refractivity contribution < 1.29 is 17.9 Å². The van der Waals surface area contributed by atoms with E-state index in [2.05, 4.69) is 6.92 Å². The quantitative estimate of drug-likeness (QED) is 0.832. The third-order valence-electron chi connectivity index (χ3n) is 4.63. The number of likely N-dealkylation sites (tertiary alicyclic amines) is 1. The fraction of sp³-hybridized carbons (Fsp3) is 0.588. The van der Waals surface area contributed by atoms with Crippen LogP contribution in [0.15, 0.2) is 29.2 Å². The smallest absolute Gasteiger partial charge is 0.254 e. The third-order valence-corrected chi connectivity index (χ3v) is 6.33. The van der Waals surface area contributed by atoms with Gasteiger partial charge in [-0.25, -0.2) is 8.42 Å². The number of hydrogen-bond donors (Lipinski definition) is 1. The highest BCUT2D eigenvalue weighted by Gasteiger charge is 2.31. The molecule has 0 radical (unpaired) electrons. The first kappa shape index (κ1) is 18.9. The van der Waals surface area contributed by atoms with E-state index < -0.39 is 9.84 Å². The summed E-state index contributed by atoms with van der Waals surface area (Å²) in [5.74, 6) is 0.217. The molecule has 1 fully saturated rings. The van der Waals surface area contributed by atoms with E-state index in [1.807, 2.05) is 4.90 Å². The molecule has 1 aromatic carbocycles. The molecule has 2 rings (SSSR count). The van der Waals surface area contributed by atoms with Gasteiger partial charge in [0.05, 0.1) is 17.3 Å². The number of nitrogens with two attached hydrogens (primary N) is 1. The Hall–Kier alpha value is -1.44. The number of hydrogen-bond acceptors (Lipinski definition) is 5. The van der Waals surface area contributed by atoms with Crippen molar-refractivity contribution >= 4 is 15.7 Å². The van der Waals surface area contributed by atoms with Crippen LogP contribution in [0.2, 0.25) is 0 Å². The molecule has 7 heteroatoms. The van der Waals surface area contributed by atoms with Crippen molar-refractivity contribution in [3.05, 3.63) is 29.8 Å². The summed E-state index contributed by atoms with van der Waals surface area (Å²) in [5.41, 5.74) is 6.34. The summed E-state index contributed by atoms with van der Waals surface area (Å²) in [7, 11) is -1.92. The molecule has 1 amide bonds. The fourth-order valence-corrected chi connectivity index (χ4v) is 4.31.